The van der Waals surface area contributed by atoms with Crippen LogP contribution >= 0.6 is 0 Å². The summed E-state index contributed by atoms with van der Waals surface area (Å²) < 4.78 is 75.3. The number of carbonyl (C=O) groups is 2. The number of hydrogen-bond donors (Lipinski definition) is 0. The van der Waals surface area contributed by atoms with Gasteiger partial charge in [-0.3, -0.25) is 0 Å². The lowest BCUT2D eigenvalue weighted by Crippen LogP contribution is -2.54. The molecule has 31 heavy (non-hydrogen) atoms. The van der Waals surface area contributed by atoms with E-state index in [1.165, 1.54) is 31.2 Å². The first kappa shape index (κ1) is 24.7. The molecule has 0 fully saturated rings. The predicted octanol–water partition coefficient (Wildman–Crippen LogP) is 3.79. The SMILES string of the molecule is CCCCCC1=C(C(=O)OC)[C@@H](C(=O)OCC)N(S(=O)(=O)C(F)(F)F)c2ccccc21. The van der Waals surface area contributed by atoms with Crippen LogP contribution in [0.5, 0.6) is 0 Å². The van der Waals surface area contributed by atoms with Gasteiger partial charge in [-0.15, -0.1) is 0 Å². The van der Waals surface area contributed by atoms with Crippen LogP contribution in [0.3, 0.4) is 0 Å². The summed E-state index contributed by atoms with van der Waals surface area (Å²) in [5, 5.41) is 0. The van der Waals surface area contributed by atoms with Crippen molar-refractivity contribution in [3.8, 4) is 0 Å². The van der Waals surface area contributed by atoms with E-state index in [0.717, 1.165) is 20.0 Å². The molecule has 2 rings (SSSR count). The quantitative estimate of drug-likeness (QED) is 0.430. The Morgan fingerprint density at radius 3 is 2.32 bits per heavy atom. The van der Waals surface area contributed by atoms with E-state index >= 15 is 0 Å². The zero-order valence-electron chi connectivity index (χ0n) is 17.4. The summed E-state index contributed by atoms with van der Waals surface area (Å²) in [6, 6.07) is 3.28. The summed E-state index contributed by atoms with van der Waals surface area (Å²) in [6.07, 6.45) is 2.40. The highest BCUT2D eigenvalue weighted by Gasteiger charge is 2.57. The third-order valence-electron chi connectivity index (χ3n) is 4.80. The van der Waals surface area contributed by atoms with Crippen LogP contribution in [-0.2, 0) is 29.1 Å². The molecule has 1 aliphatic rings. The van der Waals surface area contributed by atoms with Crippen LogP contribution in [0, 0.1) is 0 Å². The minimum Gasteiger partial charge on any atom is -0.466 e. The van der Waals surface area contributed by atoms with Crippen LogP contribution in [0.15, 0.2) is 29.8 Å². The third-order valence-corrected chi connectivity index (χ3v) is 6.31. The van der Waals surface area contributed by atoms with Crippen molar-refractivity contribution in [2.75, 3.05) is 18.0 Å². The number of halogens is 3. The zero-order chi connectivity index (χ0) is 23.4. The molecule has 1 aliphatic heterocycles. The average Bonchev–Trinajstić information content (AvgIpc) is 2.71. The molecule has 0 radical (unpaired) electrons. The molecule has 0 saturated carbocycles. The zero-order valence-corrected chi connectivity index (χ0v) is 18.2. The van der Waals surface area contributed by atoms with E-state index in [0.29, 0.717) is 6.42 Å². The molecular weight excluding hydrogens is 439 g/mol. The van der Waals surface area contributed by atoms with Gasteiger partial charge in [0.15, 0.2) is 6.04 Å². The summed E-state index contributed by atoms with van der Waals surface area (Å²) >= 11 is 0. The Hall–Kier alpha value is -2.56. The molecule has 0 aromatic heterocycles. The summed E-state index contributed by atoms with van der Waals surface area (Å²) in [6.45, 7) is 3.14. The first-order chi connectivity index (χ1) is 14.5. The molecule has 11 heteroatoms. The van der Waals surface area contributed by atoms with Gasteiger partial charge in [0.05, 0.1) is 25.0 Å². The summed E-state index contributed by atoms with van der Waals surface area (Å²) in [4.78, 5) is 25.4. The molecule has 0 aliphatic carbocycles. The van der Waals surface area contributed by atoms with Gasteiger partial charge in [0.1, 0.15) is 0 Å². The normalized spacial score (nSPS) is 16.7. The maximum Gasteiger partial charge on any atom is 0.516 e. The Morgan fingerprint density at radius 2 is 1.77 bits per heavy atom. The second kappa shape index (κ2) is 9.71. The van der Waals surface area contributed by atoms with Crippen LogP contribution in [0.25, 0.3) is 5.57 Å². The van der Waals surface area contributed by atoms with Gasteiger partial charge < -0.3 is 9.47 Å². The van der Waals surface area contributed by atoms with Gasteiger partial charge in [0.2, 0.25) is 0 Å². The number of sulfonamides is 1. The van der Waals surface area contributed by atoms with Crippen molar-refractivity contribution in [2.45, 2.75) is 51.1 Å². The number of ether oxygens (including phenoxy) is 2. The Kier molecular flexibility index (Phi) is 7.74. The van der Waals surface area contributed by atoms with Crippen LogP contribution in [-0.4, -0.2) is 45.6 Å². The van der Waals surface area contributed by atoms with Gasteiger partial charge >= 0.3 is 27.5 Å². The summed E-state index contributed by atoms with van der Waals surface area (Å²) in [7, 11) is -5.05. The number of alkyl halides is 3. The minimum absolute atomic E-state index is 0.0735. The van der Waals surface area contributed by atoms with Gasteiger partial charge in [-0.25, -0.2) is 13.9 Å². The molecule has 1 atom stereocenters. The number of rotatable bonds is 8. The maximum absolute atomic E-state index is 13.6. The highest BCUT2D eigenvalue weighted by Crippen LogP contribution is 2.45. The number of anilines is 1. The Morgan fingerprint density at radius 1 is 1.13 bits per heavy atom. The van der Waals surface area contributed by atoms with Crippen molar-refractivity contribution in [3.05, 3.63) is 35.4 Å². The van der Waals surface area contributed by atoms with Crippen LogP contribution in [0.4, 0.5) is 18.9 Å². The fraction of sp³-hybridized carbons (Fsp3) is 0.500. The number of methoxy groups -OCH3 is 1. The lowest BCUT2D eigenvalue weighted by Gasteiger charge is -2.38. The molecule has 7 nitrogen and oxygen atoms in total. The Labute approximate surface area is 178 Å². The topological polar surface area (TPSA) is 90.0 Å². The van der Waals surface area contributed by atoms with Crippen molar-refractivity contribution in [1.82, 2.24) is 0 Å². The van der Waals surface area contributed by atoms with Crippen LogP contribution in [0.2, 0.25) is 0 Å². The molecule has 1 aromatic carbocycles. The number of unbranched alkanes of at least 4 members (excludes halogenated alkanes) is 2. The Bertz CT molecular complexity index is 971. The number of allylic oxidation sites excluding steroid dienone is 1. The molecule has 172 valence electrons. The molecule has 0 bridgehead atoms. The van der Waals surface area contributed by atoms with E-state index in [2.05, 4.69) is 0 Å². The largest absolute Gasteiger partial charge is 0.516 e. The maximum atomic E-state index is 13.6. The second-order valence-corrected chi connectivity index (χ2v) is 8.57. The number of esters is 2. The smallest absolute Gasteiger partial charge is 0.466 e. The van der Waals surface area contributed by atoms with E-state index in [1.807, 2.05) is 6.92 Å². The van der Waals surface area contributed by atoms with Crippen molar-refractivity contribution in [1.29, 1.82) is 0 Å². The van der Waals surface area contributed by atoms with E-state index in [9.17, 15) is 31.2 Å². The van der Waals surface area contributed by atoms with Gasteiger partial charge in [0, 0.05) is 5.56 Å². The van der Waals surface area contributed by atoms with Crippen molar-refractivity contribution in [3.63, 3.8) is 0 Å². The lowest BCUT2D eigenvalue weighted by atomic mass is 9.86. The number of hydrogen-bond acceptors (Lipinski definition) is 6. The van der Waals surface area contributed by atoms with Crippen LogP contribution in [0.1, 0.15) is 45.1 Å². The third kappa shape index (κ3) is 4.70. The highest BCUT2D eigenvalue weighted by atomic mass is 32.2. The summed E-state index contributed by atoms with van der Waals surface area (Å²) in [5.74, 6) is -2.39. The number of fused-ring (bicyclic) bond motifs is 1. The fourth-order valence-electron chi connectivity index (χ4n) is 3.47. The lowest BCUT2D eigenvalue weighted by molar-refractivity contribution is -0.146. The molecule has 1 aromatic rings. The van der Waals surface area contributed by atoms with Gasteiger partial charge in [-0.05, 0) is 31.4 Å². The molecule has 0 spiro atoms. The van der Waals surface area contributed by atoms with Crippen LogP contribution < -0.4 is 4.31 Å². The number of nitrogens with zero attached hydrogens (tertiary/aromatic N) is 1. The van der Waals surface area contributed by atoms with Gasteiger partial charge in [-0.2, -0.15) is 21.6 Å². The van der Waals surface area contributed by atoms with E-state index in [4.69, 9.17) is 9.47 Å². The molecule has 0 amide bonds. The number of para-hydroxylation sites is 1. The van der Waals surface area contributed by atoms with E-state index in [1.54, 1.807) is 0 Å². The van der Waals surface area contributed by atoms with E-state index < -0.39 is 39.1 Å². The Balaban J connectivity index is 2.90. The molecule has 1 heterocycles. The van der Waals surface area contributed by atoms with E-state index in [-0.39, 0.29) is 34.2 Å². The van der Waals surface area contributed by atoms with Gasteiger partial charge in [0.25, 0.3) is 0 Å². The second-order valence-electron chi connectivity index (χ2n) is 6.76. The van der Waals surface area contributed by atoms with Crippen molar-refractivity contribution in [2.24, 2.45) is 0 Å². The molecular formula is C20H24F3NO6S. The molecule has 0 N–H and O–H groups in total. The standard InChI is InChI=1S/C20H24F3NO6S/c1-4-6-7-11-14-13-10-8-9-12-15(13)24(31(27,28)20(21,22)23)17(19(26)30-5-2)16(14)18(25)29-3/h8-10,12,17H,4-7,11H2,1-3H3/t17-/m0/s1. The first-order valence-electron chi connectivity index (χ1n) is 9.70. The molecule has 0 saturated heterocycles. The predicted molar refractivity (Wildman–Crippen MR) is 107 cm³/mol. The molecule has 0 unspecified atom stereocenters. The monoisotopic (exact) mass is 463 g/mol. The minimum atomic E-state index is -6.06. The first-order valence-corrected chi connectivity index (χ1v) is 11.1. The van der Waals surface area contributed by atoms with Crippen molar-refractivity contribution < 1.29 is 40.7 Å². The van der Waals surface area contributed by atoms with Gasteiger partial charge in [-0.1, -0.05) is 38.0 Å². The number of carbonyl (C=O) groups excluding carboxylic acids is 2. The van der Waals surface area contributed by atoms with Crippen molar-refractivity contribution >= 4 is 33.2 Å². The highest BCUT2D eigenvalue weighted by molar-refractivity contribution is 7.93. The number of benzene rings is 1. The average molecular weight is 463 g/mol. The fourth-order valence-corrected chi connectivity index (χ4v) is 4.58. The summed E-state index contributed by atoms with van der Waals surface area (Å²) in [5.41, 5.74) is -6.15.